The minimum atomic E-state index is -3.68. The summed E-state index contributed by atoms with van der Waals surface area (Å²) < 4.78 is 47.1. The molecule has 1 aliphatic heterocycles. The van der Waals surface area contributed by atoms with E-state index >= 15 is 0 Å². The number of aromatic nitrogens is 3. The fourth-order valence-electron chi connectivity index (χ4n) is 3.58. The summed E-state index contributed by atoms with van der Waals surface area (Å²) in [5, 5.41) is 5.51. The minimum absolute atomic E-state index is 0.0720. The normalized spacial score (nSPS) is 14.0. The van der Waals surface area contributed by atoms with Gasteiger partial charge in [-0.1, -0.05) is 0 Å². The van der Waals surface area contributed by atoms with E-state index in [1.807, 2.05) is 13.8 Å². The van der Waals surface area contributed by atoms with Crippen molar-refractivity contribution in [3.05, 3.63) is 30.5 Å². The van der Waals surface area contributed by atoms with E-state index in [1.165, 1.54) is 33.4 Å². The molecule has 0 bridgehead atoms. The number of hydrogen-bond acceptors (Lipinski definition) is 11. The summed E-state index contributed by atoms with van der Waals surface area (Å²) in [6.45, 7) is 5.50. The third-order valence-electron chi connectivity index (χ3n) is 5.22. The summed E-state index contributed by atoms with van der Waals surface area (Å²) in [5.74, 6) is 1.18. The molecule has 0 fully saturated rings. The number of carbonyl (C=O) groups excluding carboxylic acids is 1. The van der Waals surface area contributed by atoms with E-state index in [9.17, 15) is 13.2 Å². The summed E-state index contributed by atoms with van der Waals surface area (Å²) in [6.07, 6.45) is 2.55. The van der Waals surface area contributed by atoms with Gasteiger partial charge in [0.15, 0.2) is 32.2 Å². The molecule has 37 heavy (non-hydrogen) atoms. The Morgan fingerprint density at radius 1 is 1.14 bits per heavy atom. The van der Waals surface area contributed by atoms with E-state index in [2.05, 4.69) is 25.6 Å². The van der Waals surface area contributed by atoms with Crippen LogP contribution in [0.4, 0.5) is 17.3 Å². The van der Waals surface area contributed by atoms with Crippen LogP contribution >= 0.6 is 0 Å². The standard InChI is InChI=1S/C24H27N5O7S/c1-13(30)26-19-9-16(27-22-21(34-5)18(33-4)10-20(29-22)37(6,31)32)14(11-25-19)15-7-8-17-23(28-15)35-12-24(2,3)36-17/h7-11H,12H2,1-6H3,(H2,25,26,27,29,30). The molecule has 3 aromatic heterocycles. The summed E-state index contributed by atoms with van der Waals surface area (Å²) >= 11 is 0. The van der Waals surface area contributed by atoms with Crippen molar-refractivity contribution < 1.29 is 32.2 Å². The lowest BCUT2D eigenvalue weighted by Crippen LogP contribution is -2.39. The van der Waals surface area contributed by atoms with Crippen molar-refractivity contribution in [1.29, 1.82) is 0 Å². The number of sulfone groups is 1. The molecule has 0 spiro atoms. The van der Waals surface area contributed by atoms with E-state index in [0.717, 1.165) is 6.26 Å². The summed E-state index contributed by atoms with van der Waals surface area (Å²) in [5.41, 5.74) is 0.910. The van der Waals surface area contributed by atoms with Gasteiger partial charge in [-0.2, -0.15) is 0 Å². The zero-order valence-corrected chi connectivity index (χ0v) is 22.0. The maximum absolute atomic E-state index is 12.3. The monoisotopic (exact) mass is 529 g/mol. The van der Waals surface area contributed by atoms with Gasteiger partial charge < -0.3 is 29.6 Å². The van der Waals surface area contributed by atoms with Crippen LogP contribution in [-0.4, -0.2) is 62.0 Å². The fraction of sp³-hybridized carbons (Fsp3) is 0.333. The molecule has 1 aliphatic rings. The van der Waals surface area contributed by atoms with Gasteiger partial charge in [0.05, 0.1) is 25.6 Å². The van der Waals surface area contributed by atoms with E-state index in [4.69, 9.17) is 18.9 Å². The molecule has 1 amide bonds. The van der Waals surface area contributed by atoms with Crippen LogP contribution in [-0.2, 0) is 14.6 Å². The molecule has 0 saturated carbocycles. The predicted molar refractivity (Wildman–Crippen MR) is 136 cm³/mol. The zero-order chi connectivity index (χ0) is 27.0. The van der Waals surface area contributed by atoms with Crippen LogP contribution < -0.4 is 29.6 Å². The Bertz CT molecular complexity index is 1470. The van der Waals surface area contributed by atoms with Crippen LogP contribution in [0.2, 0.25) is 0 Å². The zero-order valence-electron chi connectivity index (χ0n) is 21.2. The van der Waals surface area contributed by atoms with Crippen molar-refractivity contribution in [2.75, 3.05) is 37.7 Å². The Kier molecular flexibility index (Phi) is 6.82. The van der Waals surface area contributed by atoms with Gasteiger partial charge in [0, 0.05) is 37.1 Å². The lowest BCUT2D eigenvalue weighted by atomic mass is 10.1. The number of amides is 1. The van der Waals surface area contributed by atoms with Gasteiger partial charge in [0.25, 0.3) is 5.88 Å². The van der Waals surface area contributed by atoms with Gasteiger partial charge in [-0.3, -0.25) is 4.79 Å². The smallest absolute Gasteiger partial charge is 0.257 e. The first kappa shape index (κ1) is 25.9. The molecule has 4 rings (SSSR count). The lowest BCUT2D eigenvalue weighted by molar-refractivity contribution is -0.114. The second kappa shape index (κ2) is 9.73. The van der Waals surface area contributed by atoms with E-state index in [0.29, 0.717) is 35.2 Å². The molecule has 196 valence electrons. The van der Waals surface area contributed by atoms with Crippen molar-refractivity contribution in [2.24, 2.45) is 0 Å². The molecular formula is C24H27N5O7S. The highest BCUT2D eigenvalue weighted by molar-refractivity contribution is 7.90. The Labute approximate surface area is 214 Å². The molecule has 13 heteroatoms. The molecule has 0 atom stereocenters. The van der Waals surface area contributed by atoms with Crippen LogP contribution in [0.15, 0.2) is 35.5 Å². The van der Waals surface area contributed by atoms with Crippen molar-refractivity contribution in [3.8, 4) is 34.4 Å². The van der Waals surface area contributed by atoms with Gasteiger partial charge in [-0.25, -0.2) is 23.4 Å². The first-order valence-electron chi connectivity index (χ1n) is 11.1. The number of anilines is 3. The predicted octanol–water partition coefficient (Wildman–Crippen LogP) is 3.21. The first-order valence-corrected chi connectivity index (χ1v) is 13.0. The topological polar surface area (TPSA) is 151 Å². The van der Waals surface area contributed by atoms with Crippen molar-refractivity contribution in [1.82, 2.24) is 15.0 Å². The van der Waals surface area contributed by atoms with Gasteiger partial charge in [0.2, 0.25) is 11.7 Å². The molecule has 12 nitrogen and oxygen atoms in total. The number of carbonyl (C=O) groups is 1. The Morgan fingerprint density at radius 3 is 2.54 bits per heavy atom. The SMILES string of the molecule is COc1cc(S(C)(=O)=O)nc(Nc2cc(NC(C)=O)ncc2-c2ccc3c(n2)OCC(C)(C)O3)c1OC. The Balaban J connectivity index is 1.85. The number of hydrogen-bond donors (Lipinski definition) is 2. The molecule has 0 unspecified atom stereocenters. The average molecular weight is 530 g/mol. The van der Waals surface area contributed by atoms with Gasteiger partial charge in [-0.05, 0) is 26.0 Å². The van der Waals surface area contributed by atoms with Crippen molar-refractivity contribution in [2.45, 2.75) is 31.4 Å². The summed E-state index contributed by atoms with van der Waals surface area (Å²) in [7, 11) is -0.883. The Hall–Kier alpha value is -4.13. The molecule has 2 N–H and O–H groups in total. The summed E-state index contributed by atoms with van der Waals surface area (Å²) in [4.78, 5) is 24.8. The number of nitrogens with zero attached hydrogens (tertiary/aromatic N) is 3. The molecule has 0 aliphatic carbocycles. The highest BCUT2D eigenvalue weighted by Gasteiger charge is 2.29. The maximum atomic E-state index is 12.3. The number of methoxy groups -OCH3 is 2. The van der Waals surface area contributed by atoms with Gasteiger partial charge >= 0.3 is 0 Å². The van der Waals surface area contributed by atoms with Crippen LogP contribution in [0.5, 0.6) is 23.1 Å². The van der Waals surface area contributed by atoms with Crippen molar-refractivity contribution >= 4 is 33.1 Å². The first-order chi connectivity index (χ1) is 17.4. The van der Waals surface area contributed by atoms with Gasteiger partial charge in [0.1, 0.15) is 18.0 Å². The highest BCUT2D eigenvalue weighted by atomic mass is 32.2. The van der Waals surface area contributed by atoms with Crippen LogP contribution in [0.1, 0.15) is 20.8 Å². The molecular weight excluding hydrogens is 502 g/mol. The van der Waals surface area contributed by atoms with Crippen molar-refractivity contribution in [3.63, 3.8) is 0 Å². The fourth-order valence-corrected chi connectivity index (χ4v) is 4.16. The highest BCUT2D eigenvalue weighted by Crippen LogP contribution is 2.41. The molecule has 0 saturated heterocycles. The molecule has 0 aromatic carbocycles. The van der Waals surface area contributed by atoms with Gasteiger partial charge in [-0.15, -0.1) is 0 Å². The second-order valence-corrected chi connectivity index (χ2v) is 10.9. The van der Waals surface area contributed by atoms with Crippen LogP contribution in [0, 0.1) is 0 Å². The number of ether oxygens (including phenoxy) is 4. The van der Waals surface area contributed by atoms with E-state index in [1.54, 1.807) is 18.2 Å². The maximum Gasteiger partial charge on any atom is 0.257 e. The second-order valence-electron chi connectivity index (χ2n) is 8.89. The lowest BCUT2D eigenvalue weighted by Gasteiger charge is -2.31. The largest absolute Gasteiger partial charge is 0.493 e. The number of pyridine rings is 3. The van der Waals surface area contributed by atoms with E-state index in [-0.39, 0.29) is 34.1 Å². The molecule has 4 heterocycles. The van der Waals surface area contributed by atoms with Crippen LogP contribution in [0.3, 0.4) is 0 Å². The Morgan fingerprint density at radius 2 is 1.89 bits per heavy atom. The number of rotatable bonds is 7. The third kappa shape index (κ3) is 5.66. The van der Waals surface area contributed by atoms with Crippen LogP contribution in [0.25, 0.3) is 11.3 Å². The summed E-state index contributed by atoms with van der Waals surface area (Å²) in [6, 6.07) is 6.33. The molecule has 0 radical (unpaired) electrons. The minimum Gasteiger partial charge on any atom is -0.493 e. The molecule has 3 aromatic rings. The van der Waals surface area contributed by atoms with E-state index < -0.39 is 15.4 Å². The quantitative estimate of drug-likeness (QED) is 0.464. The number of fused-ring (bicyclic) bond motifs is 1. The number of nitrogens with one attached hydrogen (secondary N) is 2. The third-order valence-corrected chi connectivity index (χ3v) is 6.19. The average Bonchev–Trinajstić information content (AvgIpc) is 2.82.